The van der Waals surface area contributed by atoms with Gasteiger partial charge in [-0.2, -0.15) is 0 Å². The normalized spacial score (nSPS) is 13.8. The van der Waals surface area contributed by atoms with Crippen LogP contribution in [0.1, 0.15) is 57.9 Å². The number of piperazine rings is 1. The average Bonchev–Trinajstić information content (AvgIpc) is 3.00. The van der Waals surface area contributed by atoms with E-state index in [4.69, 9.17) is 9.47 Å². The molecule has 41 heavy (non-hydrogen) atoms. The van der Waals surface area contributed by atoms with E-state index in [2.05, 4.69) is 23.2 Å². The Morgan fingerprint density at radius 2 is 1.68 bits per heavy atom. The predicted molar refractivity (Wildman–Crippen MR) is 167 cm³/mol. The largest absolute Gasteiger partial charge is 0.496 e. The molecule has 0 saturated carbocycles. The van der Waals surface area contributed by atoms with Gasteiger partial charge >= 0.3 is 6.03 Å². The maximum Gasteiger partial charge on any atom is 0.321 e. The van der Waals surface area contributed by atoms with Gasteiger partial charge in [0.05, 0.1) is 13.7 Å². The van der Waals surface area contributed by atoms with Crippen LogP contribution >= 0.6 is 0 Å². The van der Waals surface area contributed by atoms with Gasteiger partial charge in [0.15, 0.2) is 0 Å². The summed E-state index contributed by atoms with van der Waals surface area (Å²) in [5.74, 6) is 1.82. The second-order valence-corrected chi connectivity index (χ2v) is 10.4. The maximum absolute atomic E-state index is 13.2. The second-order valence-electron chi connectivity index (χ2n) is 10.4. The molecular weight excluding hydrogens is 516 g/mol. The summed E-state index contributed by atoms with van der Waals surface area (Å²) in [4.78, 5) is 32.1. The number of rotatable bonds is 16. The van der Waals surface area contributed by atoms with Gasteiger partial charge in [-0.3, -0.25) is 9.69 Å². The third-order valence-corrected chi connectivity index (χ3v) is 7.37. The third kappa shape index (κ3) is 11.1. The molecule has 1 fully saturated rings. The summed E-state index contributed by atoms with van der Waals surface area (Å²) in [5.41, 5.74) is 1.76. The topological polar surface area (TPSA) is 74.4 Å². The zero-order valence-corrected chi connectivity index (χ0v) is 25.1. The molecule has 1 N–H and O–H groups in total. The van der Waals surface area contributed by atoms with Crippen molar-refractivity contribution >= 4 is 23.7 Å². The van der Waals surface area contributed by atoms with Gasteiger partial charge in [-0.1, -0.05) is 63.0 Å². The van der Waals surface area contributed by atoms with Crippen molar-refractivity contribution in [1.82, 2.24) is 14.7 Å². The first-order chi connectivity index (χ1) is 20.0. The van der Waals surface area contributed by atoms with Gasteiger partial charge < -0.3 is 24.6 Å². The molecule has 0 atom stereocenters. The third-order valence-electron chi connectivity index (χ3n) is 7.37. The monoisotopic (exact) mass is 564 g/mol. The van der Waals surface area contributed by atoms with Gasteiger partial charge in [0.1, 0.15) is 11.5 Å². The first-order valence-corrected chi connectivity index (χ1v) is 15.1. The summed E-state index contributed by atoms with van der Waals surface area (Å²) < 4.78 is 10.9. The minimum absolute atomic E-state index is 0.0878. The number of nitrogens with zero attached hydrogens (tertiary/aromatic N) is 3. The van der Waals surface area contributed by atoms with E-state index in [-0.39, 0.29) is 11.9 Å². The van der Waals surface area contributed by atoms with Crippen molar-refractivity contribution in [1.29, 1.82) is 0 Å². The molecule has 1 aliphatic heterocycles. The molecule has 2 aromatic rings. The Morgan fingerprint density at radius 1 is 0.951 bits per heavy atom. The molecule has 0 spiro atoms. The van der Waals surface area contributed by atoms with Crippen molar-refractivity contribution in [3.05, 3.63) is 60.2 Å². The molecule has 3 rings (SSSR count). The summed E-state index contributed by atoms with van der Waals surface area (Å²) >= 11 is 0. The lowest BCUT2D eigenvalue weighted by Gasteiger charge is -2.35. The molecule has 2 aromatic carbocycles. The Labute approximate surface area is 246 Å². The van der Waals surface area contributed by atoms with E-state index in [0.29, 0.717) is 39.2 Å². The number of urea groups is 1. The number of methoxy groups -OCH3 is 1. The Bertz CT molecular complexity index is 1080. The van der Waals surface area contributed by atoms with Crippen LogP contribution in [-0.2, 0) is 4.79 Å². The molecule has 1 heterocycles. The fourth-order valence-corrected chi connectivity index (χ4v) is 4.91. The van der Waals surface area contributed by atoms with Gasteiger partial charge in [0, 0.05) is 63.5 Å². The summed E-state index contributed by atoms with van der Waals surface area (Å²) in [6.07, 6.45) is 10.3. The lowest BCUT2D eigenvalue weighted by atomic mass is 10.1. The van der Waals surface area contributed by atoms with E-state index >= 15 is 0 Å². The fraction of sp³-hybridized carbons (Fsp3) is 0.515. The van der Waals surface area contributed by atoms with Gasteiger partial charge in [-0.15, -0.1) is 0 Å². The zero-order valence-electron chi connectivity index (χ0n) is 25.1. The molecule has 0 bridgehead atoms. The Morgan fingerprint density at radius 3 is 2.39 bits per heavy atom. The maximum atomic E-state index is 13.2. The molecule has 0 unspecified atom stereocenters. The quantitative estimate of drug-likeness (QED) is 0.248. The number of para-hydroxylation sites is 1. The van der Waals surface area contributed by atoms with E-state index in [0.717, 1.165) is 55.2 Å². The molecule has 0 aliphatic carbocycles. The second kappa shape index (κ2) is 18.0. The smallest absolute Gasteiger partial charge is 0.321 e. The highest BCUT2D eigenvalue weighted by molar-refractivity contribution is 5.89. The SMILES string of the molecule is CCCCCCCC(=O)N(C/C=C/c1ccccc1OC)CCN1CCN(C(=O)Nc2ccc(OCC)cc2)CC1. The zero-order chi connectivity index (χ0) is 29.3. The van der Waals surface area contributed by atoms with Crippen molar-refractivity contribution in [2.24, 2.45) is 0 Å². The Hall–Kier alpha value is -3.52. The summed E-state index contributed by atoms with van der Waals surface area (Å²) in [6, 6.07) is 15.2. The van der Waals surface area contributed by atoms with E-state index in [1.54, 1.807) is 7.11 Å². The number of carbonyl (C=O) groups excluding carboxylic acids is 2. The van der Waals surface area contributed by atoms with E-state index in [9.17, 15) is 9.59 Å². The number of amides is 3. The molecule has 3 amide bonds. The molecule has 8 heteroatoms. The van der Waals surface area contributed by atoms with Crippen LogP contribution in [-0.4, -0.2) is 86.2 Å². The molecule has 0 radical (unpaired) electrons. The lowest BCUT2D eigenvalue weighted by molar-refractivity contribution is -0.131. The van der Waals surface area contributed by atoms with Crippen molar-refractivity contribution in [2.75, 3.05) is 64.8 Å². The number of ether oxygens (including phenoxy) is 2. The number of hydrogen-bond donors (Lipinski definition) is 1. The highest BCUT2D eigenvalue weighted by atomic mass is 16.5. The summed E-state index contributed by atoms with van der Waals surface area (Å²) in [6.45, 7) is 9.66. The molecular formula is C33H48N4O4. The van der Waals surface area contributed by atoms with Crippen LogP contribution < -0.4 is 14.8 Å². The van der Waals surface area contributed by atoms with Gasteiger partial charge in [-0.25, -0.2) is 4.79 Å². The first kappa shape index (κ1) is 32.0. The van der Waals surface area contributed by atoms with Crippen LogP contribution in [0.15, 0.2) is 54.6 Å². The summed E-state index contributed by atoms with van der Waals surface area (Å²) in [5, 5.41) is 2.98. The highest BCUT2D eigenvalue weighted by Gasteiger charge is 2.22. The van der Waals surface area contributed by atoms with Crippen molar-refractivity contribution < 1.29 is 19.1 Å². The molecule has 1 saturated heterocycles. The molecule has 0 aromatic heterocycles. The minimum atomic E-state index is -0.0878. The van der Waals surface area contributed by atoms with Crippen LogP contribution in [0.2, 0.25) is 0 Å². The number of hydrogen-bond acceptors (Lipinski definition) is 5. The van der Waals surface area contributed by atoms with Crippen LogP contribution in [0.25, 0.3) is 6.08 Å². The van der Waals surface area contributed by atoms with Crippen LogP contribution in [0, 0.1) is 0 Å². The van der Waals surface area contributed by atoms with Crippen molar-refractivity contribution in [3.63, 3.8) is 0 Å². The van der Waals surface area contributed by atoms with Crippen LogP contribution in [0.4, 0.5) is 10.5 Å². The Balaban J connectivity index is 1.49. The number of carbonyl (C=O) groups is 2. The summed E-state index contributed by atoms with van der Waals surface area (Å²) in [7, 11) is 1.67. The lowest BCUT2D eigenvalue weighted by Crippen LogP contribution is -2.51. The minimum Gasteiger partial charge on any atom is -0.496 e. The van der Waals surface area contributed by atoms with Crippen molar-refractivity contribution in [2.45, 2.75) is 52.4 Å². The van der Waals surface area contributed by atoms with E-state index in [1.165, 1.54) is 19.3 Å². The molecule has 8 nitrogen and oxygen atoms in total. The first-order valence-electron chi connectivity index (χ1n) is 15.1. The highest BCUT2D eigenvalue weighted by Crippen LogP contribution is 2.19. The van der Waals surface area contributed by atoms with Gasteiger partial charge in [-0.05, 0) is 43.7 Å². The van der Waals surface area contributed by atoms with E-state index < -0.39 is 0 Å². The van der Waals surface area contributed by atoms with Gasteiger partial charge in [0.25, 0.3) is 0 Å². The molecule has 1 aliphatic rings. The number of nitrogens with one attached hydrogen (secondary N) is 1. The number of unbranched alkanes of at least 4 members (excludes halogenated alkanes) is 4. The Kier molecular flexibility index (Phi) is 14.1. The number of benzene rings is 2. The van der Waals surface area contributed by atoms with Crippen LogP contribution in [0.3, 0.4) is 0 Å². The molecule has 224 valence electrons. The standard InChI is InChI=1S/C33H48N4O4/c1-4-6-7-8-9-16-32(38)36(21-12-14-28-13-10-11-15-31(28)40-3)25-22-35-23-26-37(27-24-35)33(39)34-29-17-19-30(20-18-29)41-5-2/h10-15,17-20H,4-9,16,21-27H2,1-3H3,(H,34,39)/b14-12+. The average molecular weight is 565 g/mol. The van der Waals surface area contributed by atoms with Crippen LogP contribution in [0.5, 0.6) is 11.5 Å². The fourth-order valence-electron chi connectivity index (χ4n) is 4.91. The number of anilines is 1. The predicted octanol–water partition coefficient (Wildman–Crippen LogP) is 6.15. The van der Waals surface area contributed by atoms with E-state index in [1.807, 2.05) is 71.3 Å². The van der Waals surface area contributed by atoms with Crippen molar-refractivity contribution in [3.8, 4) is 11.5 Å². The van der Waals surface area contributed by atoms with Gasteiger partial charge in [0.2, 0.25) is 5.91 Å².